The largest absolute Gasteiger partial charge is 0.345 e. The normalized spacial score (nSPS) is 10.6. The number of nitrogens with zero attached hydrogens (tertiary/aromatic N) is 1. The lowest BCUT2D eigenvalue weighted by atomic mass is 10.2. The van der Waals surface area contributed by atoms with E-state index in [0.29, 0.717) is 10.5 Å². The molecule has 1 aromatic heterocycles. The van der Waals surface area contributed by atoms with Crippen molar-refractivity contribution in [1.82, 2.24) is 9.97 Å². The zero-order valence-corrected chi connectivity index (χ0v) is 7.72. The summed E-state index contributed by atoms with van der Waals surface area (Å²) in [7, 11) is 0. The van der Waals surface area contributed by atoms with Gasteiger partial charge in [0.15, 0.2) is 0 Å². The Morgan fingerprint density at radius 3 is 3.00 bits per heavy atom. The highest BCUT2D eigenvalue weighted by atomic mass is 35.5. The Morgan fingerprint density at radius 2 is 2.23 bits per heavy atom. The number of aryl methyl sites for hydroxylation is 1. The fourth-order valence-electron chi connectivity index (χ4n) is 1.27. The first-order chi connectivity index (χ1) is 6.16. The summed E-state index contributed by atoms with van der Waals surface area (Å²) < 4.78 is 0. The molecule has 0 spiro atoms. The second-order valence-electron chi connectivity index (χ2n) is 2.83. The van der Waals surface area contributed by atoms with Crippen LogP contribution >= 0.6 is 11.6 Å². The van der Waals surface area contributed by atoms with Gasteiger partial charge in [0.1, 0.15) is 0 Å². The molecule has 1 aromatic carbocycles. The van der Waals surface area contributed by atoms with Crippen molar-refractivity contribution in [3.05, 3.63) is 39.4 Å². The number of benzene rings is 1. The Balaban J connectivity index is 2.95. The van der Waals surface area contributed by atoms with Gasteiger partial charge in [-0.25, -0.2) is 4.79 Å². The summed E-state index contributed by atoms with van der Waals surface area (Å²) in [5.41, 5.74) is 1.13. The van der Waals surface area contributed by atoms with Crippen LogP contribution in [0.2, 0.25) is 5.02 Å². The minimum atomic E-state index is -0.327. The third-order valence-corrected chi connectivity index (χ3v) is 2.11. The van der Waals surface area contributed by atoms with Gasteiger partial charge in [-0.15, -0.1) is 0 Å². The zero-order valence-electron chi connectivity index (χ0n) is 6.97. The van der Waals surface area contributed by atoms with Crippen LogP contribution in [-0.2, 0) is 0 Å². The Labute approximate surface area is 79.4 Å². The smallest absolute Gasteiger partial charge is 0.309 e. The minimum absolute atomic E-state index is 0.327. The van der Waals surface area contributed by atoms with Crippen LogP contribution in [0.3, 0.4) is 0 Å². The number of aromatic nitrogens is 2. The van der Waals surface area contributed by atoms with Gasteiger partial charge in [0.05, 0.1) is 5.52 Å². The van der Waals surface area contributed by atoms with Crippen LogP contribution in [0.25, 0.3) is 10.9 Å². The van der Waals surface area contributed by atoms with Crippen molar-refractivity contribution in [3.8, 4) is 0 Å². The fourth-order valence-corrected chi connectivity index (χ4v) is 1.44. The first-order valence-corrected chi connectivity index (χ1v) is 4.21. The number of nitrogens with one attached hydrogen (secondary N) is 1. The number of hydrogen-bond donors (Lipinski definition) is 1. The van der Waals surface area contributed by atoms with Crippen molar-refractivity contribution in [2.24, 2.45) is 0 Å². The number of halogens is 1. The highest BCUT2D eigenvalue weighted by Crippen LogP contribution is 2.17. The molecule has 3 nitrogen and oxygen atoms in total. The second kappa shape index (κ2) is 2.85. The molecule has 0 saturated heterocycles. The molecule has 0 fully saturated rings. The van der Waals surface area contributed by atoms with Crippen LogP contribution in [0.4, 0.5) is 0 Å². The van der Waals surface area contributed by atoms with E-state index < -0.39 is 0 Å². The Morgan fingerprint density at radius 1 is 1.46 bits per heavy atom. The van der Waals surface area contributed by atoms with Crippen molar-refractivity contribution >= 4 is 22.5 Å². The van der Waals surface area contributed by atoms with Crippen molar-refractivity contribution in [2.75, 3.05) is 0 Å². The molecule has 2 rings (SSSR count). The highest BCUT2D eigenvalue weighted by molar-refractivity contribution is 6.31. The highest BCUT2D eigenvalue weighted by Gasteiger charge is 2.00. The molecule has 0 aliphatic rings. The van der Waals surface area contributed by atoms with Crippen LogP contribution in [0, 0.1) is 6.92 Å². The Hall–Kier alpha value is -1.35. The Kier molecular flexibility index (Phi) is 1.81. The molecule has 66 valence electrons. The maximum atomic E-state index is 11.0. The second-order valence-corrected chi connectivity index (χ2v) is 3.26. The summed E-state index contributed by atoms with van der Waals surface area (Å²) in [6.45, 7) is 1.82. The van der Waals surface area contributed by atoms with Crippen molar-refractivity contribution < 1.29 is 0 Å². The maximum Gasteiger partial charge on any atom is 0.345 e. The number of rotatable bonds is 0. The molecule has 0 amide bonds. The van der Waals surface area contributed by atoms with E-state index in [1.54, 1.807) is 18.2 Å². The third-order valence-electron chi connectivity index (χ3n) is 1.88. The number of fused-ring (bicyclic) bond motifs is 1. The molecule has 0 aliphatic carbocycles. The summed E-state index contributed by atoms with van der Waals surface area (Å²) in [5.74, 6) is 0. The molecule has 0 radical (unpaired) electrons. The molecule has 1 heterocycles. The van der Waals surface area contributed by atoms with Gasteiger partial charge in [-0.3, -0.25) is 0 Å². The SMILES string of the molecule is Cc1[nH]c(=O)nc2ccc(Cl)cc12. The van der Waals surface area contributed by atoms with Crippen molar-refractivity contribution in [1.29, 1.82) is 0 Å². The van der Waals surface area contributed by atoms with Crippen molar-refractivity contribution in [3.63, 3.8) is 0 Å². The predicted molar refractivity (Wildman–Crippen MR) is 52.1 cm³/mol. The van der Waals surface area contributed by atoms with Crippen molar-refractivity contribution in [2.45, 2.75) is 6.92 Å². The minimum Gasteiger partial charge on any atom is -0.309 e. The molecular weight excluding hydrogens is 188 g/mol. The average molecular weight is 195 g/mol. The Bertz CT molecular complexity index is 518. The topological polar surface area (TPSA) is 45.8 Å². The summed E-state index contributed by atoms with van der Waals surface area (Å²) in [6.07, 6.45) is 0. The number of H-pyrrole nitrogens is 1. The third kappa shape index (κ3) is 1.42. The van der Waals surface area contributed by atoms with Crippen LogP contribution < -0.4 is 5.69 Å². The molecular formula is C9H7ClN2O. The maximum absolute atomic E-state index is 11.0. The summed E-state index contributed by atoms with van der Waals surface area (Å²) in [4.78, 5) is 17.4. The summed E-state index contributed by atoms with van der Waals surface area (Å²) in [5, 5.41) is 1.52. The number of hydrogen-bond acceptors (Lipinski definition) is 2. The molecule has 0 bridgehead atoms. The van der Waals surface area contributed by atoms with E-state index in [-0.39, 0.29) is 5.69 Å². The quantitative estimate of drug-likeness (QED) is 0.696. The van der Waals surface area contributed by atoms with Crippen LogP contribution in [-0.4, -0.2) is 9.97 Å². The first kappa shape index (κ1) is 8.26. The fraction of sp³-hybridized carbons (Fsp3) is 0.111. The van der Waals surface area contributed by atoms with E-state index in [2.05, 4.69) is 9.97 Å². The monoisotopic (exact) mass is 194 g/mol. The molecule has 0 atom stereocenters. The molecule has 2 aromatic rings. The molecule has 1 N–H and O–H groups in total. The van der Waals surface area contributed by atoms with E-state index in [1.807, 2.05) is 6.92 Å². The van der Waals surface area contributed by atoms with Gasteiger partial charge >= 0.3 is 5.69 Å². The lowest BCUT2D eigenvalue weighted by molar-refractivity contribution is 1.07. The van der Waals surface area contributed by atoms with E-state index in [4.69, 9.17) is 11.6 Å². The van der Waals surface area contributed by atoms with E-state index in [1.165, 1.54) is 0 Å². The molecule has 4 heteroatoms. The lowest BCUT2D eigenvalue weighted by Gasteiger charge is -1.99. The molecule has 0 unspecified atom stereocenters. The van der Waals surface area contributed by atoms with Gasteiger partial charge in [-0.1, -0.05) is 11.6 Å². The first-order valence-electron chi connectivity index (χ1n) is 3.83. The van der Waals surface area contributed by atoms with E-state index >= 15 is 0 Å². The number of aromatic amines is 1. The van der Waals surface area contributed by atoms with Gasteiger partial charge in [-0.05, 0) is 25.1 Å². The lowest BCUT2D eigenvalue weighted by Crippen LogP contribution is -2.11. The zero-order chi connectivity index (χ0) is 9.42. The predicted octanol–water partition coefficient (Wildman–Crippen LogP) is 1.88. The molecule has 0 aliphatic heterocycles. The summed E-state index contributed by atoms with van der Waals surface area (Å²) >= 11 is 5.81. The summed E-state index contributed by atoms with van der Waals surface area (Å²) in [6, 6.07) is 5.24. The van der Waals surface area contributed by atoms with Gasteiger partial charge in [0.2, 0.25) is 0 Å². The van der Waals surface area contributed by atoms with Gasteiger partial charge in [0.25, 0.3) is 0 Å². The van der Waals surface area contributed by atoms with E-state index in [9.17, 15) is 4.79 Å². The molecule has 0 saturated carbocycles. The van der Waals surface area contributed by atoms with Crippen LogP contribution in [0.15, 0.2) is 23.0 Å². The average Bonchev–Trinajstić information content (AvgIpc) is 2.06. The van der Waals surface area contributed by atoms with Crippen LogP contribution in [0.1, 0.15) is 5.69 Å². The van der Waals surface area contributed by atoms with Crippen LogP contribution in [0.5, 0.6) is 0 Å². The standard InChI is InChI=1S/C9H7ClN2O/c1-5-7-4-6(10)2-3-8(7)12-9(13)11-5/h2-4H,1H3,(H,11,12,13). The van der Waals surface area contributed by atoms with Gasteiger partial charge in [-0.2, -0.15) is 4.98 Å². The van der Waals surface area contributed by atoms with Gasteiger partial charge < -0.3 is 4.98 Å². The van der Waals surface area contributed by atoms with E-state index in [0.717, 1.165) is 11.1 Å². The molecule has 13 heavy (non-hydrogen) atoms. The van der Waals surface area contributed by atoms with Gasteiger partial charge in [0, 0.05) is 16.1 Å².